The molecular weight excluding hydrogens is 216 g/mol. The SMILES string of the molecule is CCc1ccc(S(=O)(=O)CCS)cc1. The summed E-state index contributed by atoms with van der Waals surface area (Å²) in [5.74, 6) is 0.458. The molecule has 0 spiro atoms. The quantitative estimate of drug-likeness (QED) is 0.802. The molecule has 78 valence electrons. The minimum absolute atomic E-state index is 0.0988. The first-order chi connectivity index (χ1) is 6.60. The first-order valence-electron chi connectivity index (χ1n) is 4.52. The predicted molar refractivity (Wildman–Crippen MR) is 61.7 cm³/mol. The molecule has 4 heteroatoms. The fourth-order valence-electron chi connectivity index (χ4n) is 1.17. The molecule has 2 nitrogen and oxygen atoms in total. The van der Waals surface area contributed by atoms with Crippen molar-refractivity contribution in [3.05, 3.63) is 29.8 Å². The highest BCUT2D eigenvalue weighted by Gasteiger charge is 2.12. The standard InChI is InChI=1S/C10H14O2S2/c1-2-9-3-5-10(6-4-9)14(11,12)8-7-13/h3-6,13H,2,7-8H2,1H3. The lowest BCUT2D eigenvalue weighted by atomic mass is 10.2. The molecule has 0 fully saturated rings. The van der Waals surface area contributed by atoms with E-state index in [0.717, 1.165) is 12.0 Å². The maximum absolute atomic E-state index is 11.6. The molecule has 0 amide bonds. The summed E-state index contributed by atoms with van der Waals surface area (Å²) >= 11 is 3.92. The van der Waals surface area contributed by atoms with E-state index in [-0.39, 0.29) is 5.75 Å². The van der Waals surface area contributed by atoms with Gasteiger partial charge in [-0.1, -0.05) is 19.1 Å². The van der Waals surface area contributed by atoms with E-state index in [1.54, 1.807) is 12.1 Å². The van der Waals surface area contributed by atoms with Gasteiger partial charge in [-0.25, -0.2) is 8.42 Å². The van der Waals surface area contributed by atoms with Gasteiger partial charge in [0.2, 0.25) is 0 Å². The largest absolute Gasteiger partial charge is 0.224 e. The van der Waals surface area contributed by atoms with Gasteiger partial charge in [-0.3, -0.25) is 0 Å². The van der Waals surface area contributed by atoms with Crippen LogP contribution in [0.5, 0.6) is 0 Å². The van der Waals surface area contributed by atoms with Crippen LogP contribution in [0.15, 0.2) is 29.2 Å². The Hall–Kier alpha value is -0.480. The average Bonchev–Trinajstić information content (AvgIpc) is 2.18. The first kappa shape index (κ1) is 11.6. The van der Waals surface area contributed by atoms with Crippen LogP contribution in [0.3, 0.4) is 0 Å². The van der Waals surface area contributed by atoms with Crippen molar-refractivity contribution < 1.29 is 8.42 Å². The van der Waals surface area contributed by atoms with Crippen molar-refractivity contribution in [3.8, 4) is 0 Å². The molecule has 0 aliphatic rings. The van der Waals surface area contributed by atoms with Crippen LogP contribution in [0.1, 0.15) is 12.5 Å². The minimum atomic E-state index is -3.11. The summed E-state index contributed by atoms with van der Waals surface area (Å²) in [6.07, 6.45) is 0.924. The zero-order valence-corrected chi connectivity index (χ0v) is 9.81. The van der Waals surface area contributed by atoms with Gasteiger partial charge in [0, 0.05) is 5.75 Å². The molecule has 1 aromatic rings. The van der Waals surface area contributed by atoms with Crippen molar-refractivity contribution >= 4 is 22.5 Å². The number of hydrogen-bond donors (Lipinski definition) is 1. The smallest absolute Gasteiger partial charge is 0.179 e. The fourth-order valence-corrected chi connectivity index (χ4v) is 2.92. The summed E-state index contributed by atoms with van der Waals surface area (Å²) in [7, 11) is -3.11. The third kappa shape index (κ3) is 2.75. The van der Waals surface area contributed by atoms with Crippen molar-refractivity contribution in [1.29, 1.82) is 0 Å². The maximum Gasteiger partial charge on any atom is 0.179 e. The number of hydrogen-bond acceptors (Lipinski definition) is 3. The van der Waals surface area contributed by atoms with Crippen LogP contribution in [0.25, 0.3) is 0 Å². The number of sulfone groups is 1. The zero-order chi connectivity index (χ0) is 10.6. The highest BCUT2D eigenvalue weighted by atomic mass is 32.2. The third-order valence-corrected chi connectivity index (χ3v) is 4.31. The molecular formula is C10H14O2S2. The van der Waals surface area contributed by atoms with Crippen molar-refractivity contribution in [3.63, 3.8) is 0 Å². The van der Waals surface area contributed by atoms with Gasteiger partial charge in [0.15, 0.2) is 9.84 Å². The number of rotatable bonds is 4. The highest BCUT2D eigenvalue weighted by Crippen LogP contribution is 2.12. The molecule has 0 saturated carbocycles. The summed E-state index contributed by atoms with van der Waals surface area (Å²) < 4.78 is 23.2. The molecule has 0 aromatic heterocycles. The van der Waals surface area contributed by atoms with Crippen LogP contribution in [0.2, 0.25) is 0 Å². The van der Waals surface area contributed by atoms with E-state index < -0.39 is 9.84 Å². The molecule has 0 atom stereocenters. The molecule has 0 heterocycles. The predicted octanol–water partition coefficient (Wildman–Crippen LogP) is 1.95. The molecule has 14 heavy (non-hydrogen) atoms. The molecule has 1 rings (SSSR count). The highest BCUT2D eigenvalue weighted by molar-refractivity contribution is 7.92. The van der Waals surface area contributed by atoms with Crippen LogP contribution in [-0.4, -0.2) is 19.9 Å². The van der Waals surface area contributed by atoms with Crippen LogP contribution < -0.4 is 0 Å². The second-order valence-corrected chi connectivity index (χ2v) is 5.60. The summed E-state index contributed by atoms with van der Waals surface area (Å²) in [6.45, 7) is 2.04. The van der Waals surface area contributed by atoms with E-state index >= 15 is 0 Å². The summed E-state index contributed by atoms with van der Waals surface area (Å²) in [4.78, 5) is 0.392. The van der Waals surface area contributed by atoms with Gasteiger partial charge in [0.1, 0.15) is 0 Å². The van der Waals surface area contributed by atoms with E-state index in [1.807, 2.05) is 19.1 Å². The second-order valence-electron chi connectivity index (χ2n) is 3.04. The van der Waals surface area contributed by atoms with Gasteiger partial charge in [0.05, 0.1) is 10.6 Å². The van der Waals surface area contributed by atoms with Crippen LogP contribution in [0, 0.1) is 0 Å². The lowest BCUT2D eigenvalue weighted by molar-refractivity contribution is 0.597. The number of thiol groups is 1. The average molecular weight is 230 g/mol. The Morgan fingerprint density at radius 3 is 2.21 bits per heavy atom. The van der Waals surface area contributed by atoms with Gasteiger partial charge in [-0.2, -0.15) is 12.6 Å². The molecule has 0 aliphatic carbocycles. The molecule has 0 saturated heterocycles. The number of benzene rings is 1. The van der Waals surface area contributed by atoms with Gasteiger partial charge < -0.3 is 0 Å². The van der Waals surface area contributed by atoms with Crippen molar-refractivity contribution in [2.75, 3.05) is 11.5 Å². The Kier molecular flexibility index (Phi) is 4.01. The van der Waals surface area contributed by atoms with Gasteiger partial charge in [-0.15, -0.1) is 0 Å². The lowest BCUT2D eigenvalue weighted by Crippen LogP contribution is -2.07. The normalized spacial score (nSPS) is 11.6. The van der Waals surface area contributed by atoms with Crippen LogP contribution >= 0.6 is 12.6 Å². The van der Waals surface area contributed by atoms with E-state index in [4.69, 9.17) is 0 Å². The van der Waals surface area contributed by atoms with E-state index in [1.165, 1.54) is 0 Å². The molecule has 1 aromatic carbocycles. The minimum Gasteiger partial charge on any atom is -0.224 e. The van der Waals surface area contributed by atoms with Crippen LogP contribution in [-0.2, 0) is 16.3 Å². The summed E-state index contributed by atoms with van der Waals surface area (Å²) in [6, 6.07) is 7.03. The van der Waals surface area contributed by atoms with Gasteiger partial charge in [-0.05, 0) is 24.1 Å². The lowest BCUT2D eigenvalue weighted by Gasteiger charge is -2.03. The van der Waals surface area contributed by atoms with Crippen molar-refractivity contribution in [1.82, 2.24) is 0 Å². The zero-order valence-electron chi connectivity index (χ0n) is 8.10. The molecule has 0 radical (unpaired) electrons. The van der Waals surface area contributed by atoms with Gasteiger partial charge >= 0.3 is 0 Å². The Morgan fingerprint density at radius 1 is 1.21 bits per heavy atom. The molecule has 0 N–H and O–H groups in total. The molecule has 0 aliphatic heterocycles. The van der Waals surface area contributed by atoms with Crippen LogP contribution in [0.4, 0.5) is 0 Å². The Bertz CT molecular complexity index is 379. The third-order valence-electron chi connectivity index (χ3n) is 2.05. The monoisotopic (exact) mass is 230 g/mol. The number of aryl methyl sites for hydroxylation is 1. The topological polar surface area (TPSA) is 34.1 Å². The Morgan fingerprint density at radius 2 is 1.79 bits per heavy atom. The Labute approximate surface area is 90.7 Å². The van der Waals surface area contributed by atoms with E-state index in [0.29, 0.717) is 10.6 Å². The second kappa shape index (κ2) is 4.84. The van der Waals surface area contributed by atoms with E-state index in [9.17, 15) is 8.42 Å². The van der Waals surface area contributed by atoms with Gasteiger partial charge in [0.25, 0.3) is 0 Å². The summed E-state index contributed by atoms with van der Waals surface area (Å²) in [5, 5.41) is 0. The molecule has 0 bridgehead atoms. The summed E-state index contributed by atoms with van der Waals surface area (Å²) in [5.41, 5.74) is 1.15. The maximum atomic E-state index is 11.6. The molecule has 0 unspecified atom stereocenters. The van der Waals surface area contributed by atoms with Crippen molar-refractivity contribution in [2.45, 2.75) is 18.2 Å². The van der Waals surface area contributed by atoms with E-state index in [2.05, 4.69) is 12.6 Å². The van der Waals surface area contributed by atoms with Crippen molar-refractivity contribution in [2.24, 2.45) is 0 Å². The first-order valence-corrected chi connectivity index (χ1v) is 6.81. The Balaban J connectivity index is 2.97. The fraction of sp³-hybridized carbons (Fsp3) is 0.400.